The molecule has 2 atom stereocenters. The maximum absolute atomic E-state index is 12.6. The van der Waals surface area contributed by atoms with Crippen LogP contribution in [0, 0.1) is 0 Å². The Morgan fingerprint density at radius 1 is 0.519 bits per heavy atom. The van der Waals surface area contributed by atoms with E-state index in [1.807, 2.05) is 0 Å². The van der Waals surface area contributed by atoms with Gasteiger partial charge in [-0.2, -0.15) is 0 Å². The summed E-state index contributed by atoms with van der Waals surface area (Å²) < 4.78 is 56.8. The molecule has 0 aromatic rings. The molecule has 54 heavy (non-hydrogen) atoms. The summed E-state index contributed by atoms with van der Waals surface area (Å²) in [5.41, 5.74) is 1.53. The Labute approximate surface area is 351 Å². The van der Waals surface area contributed by atoms with Gasteiger partial charge in [-0.25, -0.2) is 0 Å². The number of hydrogen-bond donors (Lipinski definition) is 13. The van der Waals surface area contributed by atoms with Crippen LogP contribution < -0.4 is 0 Å². The maximum atomic E-state index is 12.6. The Morgan fingerprint density at radius 3 is 1.20 bits per heavy atom. The molecular weight excluding hydrogens is 1090 g/mol. The van der Waals surface area contributed by atoms with Gasteiger partial charge in [0.2, 0.25) is 69.4 Å². The van der Waals surface area contributed by atoms with Gasteiger partial charge in [-0.3, -0.25) is 0 Å². The highest BCUT2D eigenvalue weighted by Gasteiger charge is 2.93. The van der Waals surface area contributed by atoms with Crippen molar-refractivity contribution >= 4 is 190 Å². The minimum atomic E-state index is -5.97. The molecule has 297 valence electrons. The van der Waals surface area contributed by atoms with Crippen LogP contribution in [0.1, 0.15) is 0 Å². The number of rotatable bonds is 32. The van der Waals surface area contributed by atoms with Crippen molar-refractivity contribution in [3.63, 3.8) is 0 Å². The van der Waals surface area contributed by atoms with Crippen LogP contribution in [0.4, 0.5) is 0 Å². The standard InChI is InChI=1S/C10H37O22Si22/c1-9-24-48(23,45(3)4)31-54(52(41-19,42-20)27-35-13,53(43-21,44-22)28-36-14)50(51(39-17,40-18)26-34-12,32-49(37-15,38-16)25-33-11)30-47(7,8)29-46(5,6)10-2/h9-23H,1-2H2,3-8H3. The van der Waals surface area contributed by atoms with Gasteiger partial charge >= 0.3 is 72.1 Å². The lowest BCUT2D eigenvalue weighted by atomic mass is 11.2. The predicted molar refractivity (Wildman–Crippen MR) is 221 cm³/mol. The molecule has 44 heteroatoms. The molecule has 0 spiro atoms. The Hall–Kier alpha value is 3.21. The van der Waals surface area contributed by atoms with Crippen LogP contribution in [-0.4, -0.2) is 253 Å². The van der Waals surface area contributed by atoms with Crippen molar-refractivity contribution in [2.24, 2.45) is 0 Å². The molecule has 22 nitrogen and oxygen atoms in total. The molecule has 0 saturated carbocycles. The van der Waals surface area contributed by atoms with Crippen LogP contribution in [0.5, 0.6) is 0 Å². The Balaban J connectivity index is 10.4. The van der Waals surface area contributed by atoms with E-state index in [1.165, 1.54) is 31.9 Å². The Morgan fingerprint density at radius 2 is 0.907 bits per heavy atom. The van der Waals surface area contributed by atoms with E-state index in [9.17, 15) is 62.3 Å². The summed E-state index contributed by atoms with van der Waals surface area (Å²) >= 11 is 0. The topological polar surface area (TPSA) is 346 Å². The molecule has 0 saturated heterocycles. The van der Waals surface area contributed by atoms with E-state index < -0.39 is 190 Å². The first-order valence-electron chi connectivity index (χ1n) is 14.0. The summed E-state index contributed by atoms with van der Waals surface area (Å²) in [6.07, 6.45) is 0.811. The van der Waals surface area contributed by atoms with E-state index in [-0.39, 0.29) is 0 Å². The van der Waals surface area contributed by atoms with E-state index in [4.69, 9.17) is 37.3 Å². The average Bonchev–Trinajstić information content (AvgIpc) is 3.13. The van der Waals surface area contributed by atoms with Gasteiger partial charge in [-0.05, 0) is 26.2 Å². The minimum absolute atomic E-state index is 0.811. The normalized spacial score (nSPS) is 16.3. The summed E-state index contributed by atoms with van der Waals surface area (Å²) in [6, 6.07) is 0. The van der Waals surface area contributed by atoms with Crippen LogP contribution in [0.15, 0.2) is 25.1 Å². The second-order valence-corrected chi connectivity index (χ2v) is 102. The zero-order valence-electron chi connectivity index (χ0n) is 29.1. The van der Waals surface area contributed by atoms with Gasteiger partial charge in [0.15, 0.2) is 16.6 Å². The first-order chi connectivity index (χ1) is 25.1. The SMILES string of the molecule is C=CO[Si](O)(O[Si]([Si](O[Si]O)([Si]O)[Si]O)([Si](O[Si]O)([Si]O)[Si]O)[Si](O[Si](C)(C)O[Si](C)(C)C=C)(O[Si](O[Si]O)([Si]O)[Si]O)[Si](O[Si]O)([Si]O)[Si]O)[Si](C)C. The maximum Gasteiger partial charge on any atom is 0.514 e. The molecule has 0 aliphatic rings. The van der Waals surface area contributed by atoms with Gasteiger partial charge < -0.3 is 99.7 Å². The minimum Gasteiger partial charge on any atom is -0.512 e. The van der Waals surface area contributed by atoms with E-state index in [0.717, 1.165) is 6.26 Å². The highest BCUT2D eigenvalue weighted by atomic mass is 30.4. The lowest BCUT2D eigenvalue weighted by molar-refractivity contribution is 0.244. The molecule has 13 N–H and O–H groups in total. The average molecular weight is 1130 g/mol. The van der Waals surface area contributed by atoms with Gasteiger partial charge in [0, 0.05) is 0 Å². The van der Waals surface area contributed by atoms with E-state index >= 15 is 0 Å². The van der Waals surface area contributed by atoms with Crippen molar-refractivity contribution in [1.29, 1.82) is 0 Å². The summed E-state index contributed by atoms with van der Waals surface area (Å²) in [7, 11) is -44.8. The molecule has 0 aromatic carbocycles. The molecule has 25 radical (unpaired) electrons. The summed E-state index contributed by atoms with van der Waals surface area (Å²) in [5.74, 6) is 0. The lowest BCUT2D eigenvalue weighted by Crippen LogP contribution is -3.07. The molecule has 0 fully saturated rings. The van der Waals surface area contributed by atoms with E-state index in [2.05, 4.69) is 13.2 Å². The summed E-state index contributed by atoms with van der Waals surface area (Å²) in [5, 5.41) is 0. The molecule has 0 rings (SSSR count). The second kappa shape index (κ2) is 24.7. The lowest BCUT2D eigenvalue weighted by Gasteiger charge is -2.63. The molecule has 0 aliphatic carbocycles. The third kappa shape index (κ3) is 12.0. The highest BCUT2D eigenvalue weighted by Crippen LogP contribution is 2.46. The predicted octanol–water partition coefficient (Wildman–Crippen LogP) is -11.4. The van der Waals surface area contributed by atoms with Gasteiger partial charge in [-0.1, -0.05) is 25.4 Å². The molecule has 0 heterocycles. The van der Waals surface area contributed by atoms with Gasteiger partial charge in [0.25, 0.3) is 32.3 Å². The largest absolute Gasteiger partial charge is 0.514 e. The second-order valence-electron chi connectivity index (χ2n) is 11.1. The fourth-order valence-electron chi connectivity index (χ4n) is 4.58. The summed E-state index contributed by atoms with van der Waals surface area (Å²) in [4.78, 5) is 146. The van der Waals surface area contributed by atoms with E-state index in [1.54, 1.807) is 13.1 Å². The highest BCUT2D eigenvalue weighted by molar-refractivity contribution is 8.15. The first kappa shape index (κ1) is 57.2. The third-order valence-electron chi connectivity index (χ3n) is 6.79. The molecule has 0 aromatic heterocycles. The molecule has 2 unspecified atom stereocenters. The fraction of sp³-hybridized carbons (Fsp3) is 0.600. The quantitative estimate of drug-likeness (QED) is 0.0220. The van der Waals surface area contributed by atoms with E-state index in [0.29, 0.717) is 0 Å². The summed E-state index contributed by atoms with van der Waals surface area (Å²) in [6.45, 7) is -4.82. The zero-order valence-corrected chi connectivity index (χ0v) is 51.1. The third-order valence-corrected chi connectivity index (χ3v) is 161. The van der Waals surface area contributed by atoms with Gasteiger partial charge in [0.05, 0.1) is 6.26 Å². The monoisotopic (exact) mass is 1120 g/mol. The zero-order chi connectivity index (χ0) is 42.3. The van der Waals surface area contributed by atoms with Crippen LogP contribution in [0.25, 0.3) is 0 Å². The van der Waals surface area contributed by atoms with Crippen molar-refractivity contribution in [3.8, 4) is 0 Å². The van der Waals surface area contributed by atoms with Crippen molar-refractivity contribution in [1.82, 2.24) is 0 Å². The Bertz CT molecular complexity index is 1090. The van der Waals surface area contributed by atoms with Crippen molar-refractivity contribution in [2.75, 3.05) is 0 Å². The molecule has 0 amide bonds. The van der Waals surface area contributed by atoms with Crippen LogP contribution in [0.3, 0.4) is 0 Å². The Kier molecular flexibility index (Phi) is 26.2. The van der Waals surface area contributed by atoms with Crippen molar-refractivity contribution in [3.05, 3.63) is 25.1 Å². The van der Waals surface area contributed by atoms with Crippen LogP contribution >= 0.6 is 0 Å². The van der Waals surface area contributed by atoms with Gasteiger partial charge in [-0.15, -0.1) is 6.58 Å². The van der Waals surface area contributed by atoms with Crippen molar-refractivity contribution in [2.45, 2.75) is 39.3 Å². The fourth-order valence-corrected chi connectivity index (χ4v) is 259. The van der Waals surface area contributed by atoms with Crippen LogP contribution in [-0.2, 0) is 37.3 Å². The smallest absolute Gasteiger partial charge is 0.512 e. The van der Waals surface area contributed by atoms with Gasteiger partial charge in [0.1, 0.15) is 0 Å². The number of hydrogen-bond acceptors (Lipinski definition) is 22. The molecule has 0 aliphatic heterocycles. The molecule has 0 bridgehead atoms. The molecular formula is C10H37O22Si22. The first-order valence-corrected chi connectivity index (χ1v) is 59.3. The van der Waals surface area contributed by atoms with Crippen molar-refractivity contribution < 1.29 is 99.7 Å². The van der Waals surface area contributed by atoms with Crippen LogP contribution in [0.2, 0.25) is 39.3 Å².